The van der Waals surface area contributed by atoms with Crippen LogP contribution >= 0.6 is 0 Å². The van der Waals surface area contributed by atoms with E-state index in [1.165, 1.54) is 6.42 Å². The maximum absolute atomic E-state index is 12.1. The summed E-state index contributed by atoms with van der Waals surface area (Å²) in [6, 6.07) is -0.348. The van der Waals surface area contributed by atoms with E-state index in [0.29, 0.717) is 6.04 Å². The second-order valence-electron chi connectivity index (χ2n) is 5.59. The fourth-order valence-corrected chi connectivity index (χ4v) is 3.19. The lowest BCUT2D eigenvalue weighted by Crippen LogP contribution is -2.52. The zero-order valence-corrected chi connectivity index (χ0v) is 11.8. The van der Waals surface area contributed by atoms with Crippen LogP contribution < -0.4 is 5.32 Å². The van der Waals surface area contributed by atoms with Crippen LogP contribution in [0.1, 0.15) is 25.7 Å². The van der Waals surface area contributed by atoms with Gasteiger partial charge in [-0.15, -0.1) is 0 Å². The molecule has 2 unspecified atom stereocenters. The lowest BCUT2D eigenvalue weighted by atomic mass is 9.99. The first-order valence-corrected chi connectivity index (χ1v) is 7.20. The molecular formula is C13H21N3O5. The van der Waals surface area contributed by atoms with Crippen molar-refractivity contribution in [2.45, 2.75) is 37.8 Å². The lowest BCUT2D eigenvalue weighted by Gasteiger charge is -2.33. The monoisotopic (exact) mass is 299 g/mol. The Morgan fingerprint density at radius 1 is 1.05 bits per heavy atom. The number of hydrogen-bond acceptors (Lipinski definition) is 4. The van der Waals surface area contributed by atoms with Crippen molar-refractivity contribution < 1.29 is 24.6 Å². The number of carbonyl (C=O) groups is 3. The van der Waals surface area contributed by atoms with Gasteiger partial charge in [-0.05, 0) is 25.8 Å². The topological polar surface area (TPSA) is 110 Å². The number of nitrogens with zero attached hydrogens (tertiary/aromatic N) is 2. The van der Waals surface area contributed by atoms with Crippen LogP contribution in [0.5, 0.6) is 0 Å². The van der Waals surface area contributed by atoms with Crippen molar-refractivity contribution in [3.05, 3.63) is 0 Å². The Morgan fingerprint density at radius 2 is 1.71 bits per heavy atom. The third kappa shape index (κ3) is 4.07. The van der Waals surface area contributed by atoms with Gasteiger partial charge in [0.1, 0.15) is 13.1 Å². The molecule has 2 aliphatic heterocycles. The van der Waals surface area contributed by atoms with Gasteiger partial charge in [0.2, 0.25) is 0 Å². The van der Waals surface area contributed by atoms with Crippen molar-refractivity contribution in [2.75, 3.05) is 26.2 Å². The van der Waals surface area contributed by atoms with Crippen LogP contribution in [0.15, 0.2) is 0 Å². The minimum absolute atomic E-state index is 0.0251. The molecule has 0 spiro atoms. The summed E-state index contributed by atoms with van der Waals surface area (Å²) in [6.45, 7) is 0.733. The number of fused-ring (bicyclic) bond motifs is 1. The number of amides is 2. The first-order chi connectivity index (χ1) is 9.97. The molecule has 2 heterocycles. The number of aliphatic carboxylic acids is 2. The summed E-state index contributed by atoms with van der Waals surface area (Å²) in [5.74, 6) is -2.45. The van der Waals surface area contributed by atoms with E-state index in [1.807, 2.05) is 0 Å². The average molecular weight is 299 g/mol. The van der Waals surface area contributed by atoms with Crippen LogP contribution in [0.25, 0.3) is 0 Å². The molecule has 0 aliphatic carbocycles. The van der Waals surface area contributed by atoms with Crippen molar-refractivity contribution in [3.8, 4) is 0 Å². The molecule has 8 heteroatoms. The summed E-state index contributed by atoms with van der Waals surface area (Å²) in [6.07, 6.45) is 4.13. The predicted molar refractivity (Wildman–Crippen MR) is 73.0 cm³/mol. The number of rotatable bonds is 5. The average Bonchev–Trinajstić information content (AvgIpc) is 2.80. The largest absolute Gasteiger partial charge is 0.480 e. The summed E-state index contributed by atoms with van der Waals surface area (Å²) in [5.41, 5.74) is 0. The second kappa shape index (κ2) is 6.75. The molecular weight excluding hydrogens is 278 g/mol. The fraction of sp³-hybridized carbons (Fsp3) is 0.769. The van der Waals surface area contributed by atoms with Crippen molar-refractivity contribution in [3.63, 3.8) is 0 Å². The van der Waals surface area contributed by atoms with Crippen molar-refractivity contribution >= 4 is 18.0 Å². The quantitative estimate of drug-likeness (QED) is 0.648. The van der Waals surface area contributed by atoms with Gasteiger partial charge in [0.05, 0.1) is 0 Å². The fourth-order valence-electron chi connectivity index (χ4n) is 3.19. The molecule has 2 aliphatic rings. The Morgan fingerprint density at radius 3 is 2.33 bits per heavy atom. The number of carboxylic acids is 2. The van der Waals surface area contributed by atoms with E-state index < -0.39 is 31.1 Å². The van der Waals surface area contributed by atoms with Crippen LogP contribution in [0.3, 0.4) is 0 Å². The summed E-state index contributed by atoms with van der Waals surface area (Å²) in [7, 11) is 0. The minimum Gasteiger partial charge on any atom is -0.480 e. The van der Waals surface area contributed by atoms with E-state index in [2.05, 4.69) is 10.2 Å². The smallest absolute Gasteiger partial charge is 0.323 e. The van der Waals surface area contributed by atoms with E-state index in [-0.39, 0.29) is 6.04 Å². The van der Waals surface area contributed by atoms with Gasteiger partial charge in [-0.25, -0.2) is 4.79 Å². The van der Waals surface area contributed by atoms with Crippen molar-refractivity contribution in [1.82, 2.24) is 15.1 Å². The summed E-state index contributed by atoms with van der Waals surface area (Å²) in [4.78, 5) is 36.7. The number of hydrogen-bond donors (Lipinski definition) is 3. The lowest BCUT2D eigenvalue weighted by molar-refractivity contribution is -0.140. The molecule has 2 fully saturated rings. The van der Waals surface area contributed by atoms with Crippen LogP contribution in [0, 0.1) is 0 Å². The highest BCUT2D eigenvalue weighted by Crippen LogP contribution is 2.27. The van der Waals surface area contributed by atoms with Gasteiger partial charge in [-0.2, -0.15) is 0 Å². The number of piperidine rings is 1. The zero-order valence-electron chi connectivity index (χ0n) is 11.8. The first kappa shape index (κ1) is 15.6. The molecule has 21 heavy (non-hydrogen) atoms. The highest BCUT2D eigenvalue weighted by atomic mass is 16.4. The summed E-state index contributed by atoms with van der Waals surface area (Å²) >= 11 is 0. The summed E-state index contributed by atoms with van der Waals surface area (Å²) < 4.78 is 0. The molecule has 3 N–H and O–H groups in total. The van der Waals surface area contributed by atoms with Gasteiger partial charge < -0.3 is 20.4 Å². The van der Waals surface area contributed by atoms with Crippen LogP contribution in [-0.2, 0) is 9.59 Å². The van der Waals surface area contributed by atoms with E-state index in [1.54, 1.807) is 0 Å². The molecule has 118 valence electrons. The molecule has 0 aromatic heterocycles. The normalized spacial score (nSPS) is 25.1. The van der Waals surface area contributed by atoms with E-state index in [9.17, 15) is 14.4 Å². The van der Waals surface area contributed by atoms with Gasteiger partial charge in [0.15, 0.2) is 0 Å². The Labute approximate surface area is 122 Å². The van der Waals surface area contributed by atoms with Gasteiger partial charge in [0.25, 0.3) is 0 Å². The Bertz CT molecular complexity index is 412. The molecule has 0 bridgehead atoms. The zero-order chi connectivity index (χ0) is 15.4. The van der Waals surface area contributed by atoms with Gasteiger partial charge in [-0.1, -0.05) is 6.42 Å². The van der Waals surface area contributed by atoms with Crippen LogP contribution in [0.4, 0.5) is 4.79 Å². The molecule has 0 saturated carbocycles. The number of urea groups is 1. The molecule has 8 nitrogen and oxygen atoms in total. The molecule has 2 saturated heterocycles. The second-order valence-corrected chi connectivity index (χ2v) is 5.59. The molecule has 2 atom stereocenters. The van der Waals surface area contributed by atoms with Crippen molar-refractivity contribution in [1.29, 1.82) is 0 Å². The Kier molecular flexibility index (Phi) is 5.00. The SMILES string of the molecule is O=C(O)CN(CC(=O)O)C(=O)NC1CCN2CCCCC12. The number of nitrogens with one attached hydrogen (secondary N) is 1. The maximum Gasteiger partial charge on any atom is 0.323 e. The number of carboxylic acid groups (broad SMARTS) is 2. The predicted octanol–water partition coefficient (Wildman–Crippen LogP) is -0.206. The Hall–Kier alpha value is -1.83. The van der Waals surface area contributed by atoms with Crippen LogP contribution in [0.2, 0.25) is 0 Å². The molecule has 2 rings (SSSR count). The van der Waals surface area contributed by atoms with Gasteiger partial charge in [-0.3, -0.25) is 14.5 Å². The van der Waals surface area contributed by atoms with E-state index >= 15 is 0 Å². The first-order valence-electron chi connectivity index (χ1n) is 7.20. The third-order valence-corrected chi connectivity index (χ3v) is 4.10. The van der Waals surface area contributed by atoms with Crippen LogP contribution in [-0.4, -0.2) is 76.2 Å². The molecule has 0 aromatic carbocycles. The number of carbonyl (C=O) groups excluding carboxylic acids is 1. The highest BCUT2D eigenvalue weighted by molar-refractivity contribution is 5.84. The molecule has 0 aromatic rings. The maximum atomic E-state index is 12.1. The minimum atomic E-state index is -1.22. The van der Waals surface area contributed by atoms with E-state index in [0.717, 1.165) is 37.3 Å². The molecule has 0 radical (unpaired) electrons. The standard InChI is InChI=1S/C13H21N3O5/c17-11(18)7-16(8-12(19)20)13(21)14-9-4-6-15-5-2-1-3-10(9)15/h9-10H,1-8H2,(H,14,21)(H,17,18)(H,19,20). The Balaban J connectivity index is 1.94. The van der Waals surface area contributed by atoms with Gasteiger partial charge in [0, 0.05) is 18.6 Å². The van der Waals surface area contributed by atoms with Crippen molar-refractivity contribution in [2.24, 2.45) is 0 Å². The molecule has 2 amide bonds. The highest BCUT2D eigenvalue weighted by Gasteiger charge is 2.37. The van der Waals surface area contributed by atoms with Gasteiger partial charge >= 0.3 is 18.0 Å². The van der Waals surface area contributed by atoms with E-state index in [4.69, 9.17) is 10.2 Å². The third-order valence-electron chi connectivity index (χ3n) is 4.10. The summed E-state index contributed by atoms with van der Waals surface area (Å²) in [5, 5.41) is 20.3.